The third-order valence-electron chi connectivity index (χ3n) is 4.22. The zero-order valence-corrected chi connectivity index (χ0v) is 14.3. The maximum Gasteiger partial charge on any atom is 0.332 e. The van der Waals surface area contributed by atoms with Crippen LogP contribution in [-0.4, -0.2) is 14.1 Å². The zero-order chi connectivity index (χ0) is 17.4. The molecule has 0 saturated carbocycles. The van der Waals surface area contributed by atoms with E-state index in [1.165, 1.54) is 11.6 Å². The summed E-state index contributed by atoms with van der Waals surface area (Å²) in [6, 6.07) is 7.93. The first kappa shape index (κ1) is 16.0. The number of hydrogen-bond acceptors (Lipinski definition) is 4. The maximum atomic E-state index is 12.7. The number of rotatable bonds is 3. The molecule has 6 nitrogen and oxygen atoms in total. The van der Waals surface area contributed by atoms with Crippen LogP contribution >= 0.6 is 0 Å². The molecule has 0 saturated heterocycles. The van der Waals surface area contributed by atoms with E-state index >= 15 is 0 Å². The quantitative estimate of drug-likeness (QED) is 0.802. The first-order valence-corrected chi connectivity index (χ1v) is 7.85. The second-order valence-electron chi connectivity index (χ2n) is 5.91. The molecule has 0 spiro atoms. The molecule has 0 atom stereocenters. The van der Waals surface area contributed by atoms with Crippen molar-refractivity contribution < 1.29 is 0 Å². The Hall–Kier alpha value is -2.89. The lowest BCUT2D eigenvalue weighted by Gasteiger charge is -2.16. The van der Waals surface area contributed by atoms with Crippen LogP contribution in [0.15, 0.2) is 40.1 Å². The van der Waals surface area contributed by atoms with E-state index in [2.05, 4.69) is 10.3 Å². The fourth-order valence-corrected chi connectivity index (χ4v) is 2.85. The molecule has 0 aliphatic carbocycles. The molecule has 2 heterocycles. The van der Waals surface area contributed by atoms with Crippen molar-refractivity contribution in [2.24, 2.45) is 14.1 Å². The summed E-state index contributed by atoms with van der Waals surface area (Å²) in [6.45, 7) is 4.02. The third kappa shape index (κ3) is 2.50. The van der Waals surface area contributed by atoms with Crippen molar-refractivity contribution in [3.63, 3.8) is 0 Å². The Morgan fingerprint density at radius 3 is 2.58 bits per heavy atom. The number of nitrogens with zero attached hydrogens (tertiary/aromatic N) is 3. The van der Waals surface area contributed by atoms with Crippen LogP contribution in [0.1, 0.15) is 18.1 Å². The van der Waals surface area contributed by atoms with Gasteiger partial charge in [-0.15, -0.1) is 0 Å². The van der Waals surface area contributed by atoms with Gasteiger partial charge in [-0.25, -0.2) is 9.78 Å². The summed E-state index contributed by atoms with van der Waals surface area (Å²) in [7, 11) is 3.11. The fraction of sp³-hybridized carbons (Fsp3) is 0.278. The molecule has 2 aromatic heterocycles. The normalized spacial score (nSPS) is 11.0. The second-order valence-corrected chi connectivity index (χ2v) is 5.91. The molecule has 124 valence electrons. The Labute approximate surface area is 139 Å². The van der Waals surface area contributed by atoms with Gasteiger partial charge in [0, 0.05) is 26.0 Å². The highest BCUT2D eigenvalue weighted by molar-refractivity contribution is 5.92. The van der Waals surface area contributed by atoms with Crippen molar-refractivity contribution in [2.75, 3.05) is 5.32 Å². The van der Waals surface area contributed by atoms with Gasteiger partial charge in [-0.2, -0.15) is 0 Å². The molecule has 1 aromatic carbocycles. The lowest BCUT2D eigenvalue weighted by Crippen LogP contribution is -2.37. The van der Waals surface area contributed by atoms with E-state index in [1.54, 1.807) is 13.2 Å². The second kappa shape index (κ2) is 5.96. The van der Waals surface area contributed by atoms with Gasteiger partial charge in [0.1, 0.15) is 5.39 Å². The first-order valence-electron chi connectivity index (χ1n) is 7.85. The van der Waals surface area contributed by atoms with E-state index in [0.29, 0.717) is 16.7 Å². The SMILES string of the molecule is CCc1cnc2c(c1Nc1cccc(C)c1)c(=O)n(C)c(=O)n2C. The molecule has 3 aromatic rings. The Morgan fingerprint density at radius 2 is 1.92 bits per heavy atom. The number of hydrogen-bond donors (Lipinski definition) is 1. The summed E-state index contributed by atoms with van der Waals surface area (Å²) in [6.07, 6.45) is 2.45. The summed E-state index contributed by atoms with van der Waals surface area (Å²) in [5, 5.41) is 3.78. The molecule has 6 heteroatoms. The number of aryl methyl sites for hydroxylation is 3. The van der Waals surface area contributed by atoms with E-state index in [9.17, 15) is 9.59 Å². The van der Waals surface area contributed by atoms with Crippen molar-refractivity contribution in [1.82, 2.24) is 14.1 Å². The molecule has 0 aliphatic heterocycles. The molecular formula is C18H20N4O2. The van der Waals surface area contributed by atoms with E-state index in [1.807, 2.05) is 38.1 Å². The van der Waals surface area contributed by atoms with Crippen LogP contribution in [0.5, 0.6) is 0 Å². The predicted molar refractivity (Wildman–Crippen MR) is 96.1 cm³/mol. The third-order valence-corrected chi connectivity index (χ3v) is 4.22. The van der Waals surface area contributed by atoms with E-state index in [0.717, 1.165) is 27.8 Å². The Bertz CT molecular complexity index is 1050. The van der Waals surface area contributed by atoms with Crippen LogP contribution < -0.4 is 16.6 Å². The van der Waals surface area contributed by atoms with Crippen LogP contribution in [-0.2, 0) is 20.5 Å². The van der Waals surface area contributed by atoms with Gasteiger partial charge in [-0.1, -0.05) is 19.1 Å². The first-order chi connectivity index (χ1) is 11.4. The Balaban J connectivity index is 2.36. The molecule has 0 bridgehead atoms. The fourth-order valence-electron chi connectivity index (χ4n) is 2.85. The van der Waals surface area contributed by atoms with Crippen LogP contribution in [0.4, 0.5) is 11.4 Å². The molecule has 0 fully saturated rings. The molecule has 0 radical (unpaired) electrons. The summed E-state index contributed by atoms with van der Waals surface area (Å²) in [4.78, 5) is 29.2. The van der Waals surface area contributed by atoms with Gasteiger partial charge >= 0.3 is 5.69 Å². The summed E-state index contributed by atoms with van der Waals surface area (Å²) in [5.74, 6) is 0. The van der Waals surface area contributed by atoms with Gasteiger partial charge < -0.3 is 5.32 Å². The highest BCUT2D eigenvalue weighted by Crippen LogP contribution is 2.27. The topological polar surface area (TPSA) is 68.9 Å². The maximum absolute atomic E-state index is 12.7. The monoisotopic (exact) mass is 324 g/mol. The average Bonchev–Trinajstić information content (AvgIpc) is 2.57. The van der Waals surface area contributed by atoms with E-state index in [4.69, 9.17) is 0 Å². The standard InChI is InChI=1S/C18H20N4O2/c1-5-12-10-19-16-14(17(23)22(4)18(24)21(16)3)15(12)20-13-8-6-7-11(2)9-13/h6-10H,5H2,1-4H3,(H,19,20). The average molecular weight is 324 g/mol. The smallest absolute Gasteiger partial charge is 0.332 e. The van der Waals surface area contributed by atoms with Gasteiger partial charge in [0.15, 0.2) is 5.65 Å². The Kier molecular flexibility index (Phi) is 3.97. The van der Waals surface area contributed by atoms with Gasteiger partial charge in [0.2, 0.25) is 0 Å². The highest BCUT2D eigenvalue weighted by Gasteiger charge is 2.16. The summed E-state index contributed by atoms with van der Waals surface area (Å²) in [5.41, 5.74) is 3.32. The number of nitrogens with one attached hydrogen (secondary N) is 1. The molecule has 0 unspecified atom stereocenters. The van der Waals surface area contributed by atoms with Crippen LogP contribution in [0.3, 0.4) is 0 Å². The number of fused-ring (bicyclic) bond motifs is 1. The predicted octanol–water partition coefficient (Wildman–Crippen LogP) is 2.25. The van der Waals surface area contributed by atoms with Crippen molar-refractivity contribution >= 4 is 22.4 Å². The number of pyridine rings is 1. The molecule has 3 rings (SSSR count). The highest BCUT2D eigenvalue weighted by atomic mass is 16.2. The molecule has 0 aliphatic rings. The lowest BCUT2D eigenvalue weighted by atomic mass is 10.1. The van der Waals surface area contributed by atoms with Gasteiger partial charge in [-0.3, -0.25) is 13.9 Å². The number of anilines is 2. The van der Waals surface area contributed by atoms with Gasteiger partial charge in [0.05, 0.1) is 5.69 Å². The minimum atomic E-state index is -0.384. The summed E-state index contributed by atoms with van der Waals surface area (Å²) >= 11 is 0. The molecule has 0 amide bonds. The largest absolute Gasteiger partial charge is 0.354 e. The van der Waals surface area contributed by atoms with Crippen LogP contribution in [0, 0.1) is 6.92 Å². The summed E-state index contributed by atoms with van der Waals surface area (Å²) < 4.78 is 2.52. The Morgan fingerprint density at radius 1 is 1.17 bits per heavy atom. The van der Waals surface area contributed by atoms with Crippen molar-refractivity contribution in [3.05, 3.63) is 62.4 Å². The van der Waals surface area contributed by atoms with E-state index < -0.39 is 0 Å². The van der Waals surface area contributed by atoms with Gasteiger partial charge in [0.25, 0.3) is 5.56 Å². The molecule has 24 heavy (non-hydrogen) atoms. The number of benzene rings is 1. The van der Waals surface area contributed by atoms with Crippen LogP contribution in [0.2, 0.25) is 0 Å². The van der Waals surface area contributed by atoms with Crippen molar-refractivity contribution in [3.8, 4) is 0 Å². The number of aromatic nitrogens is 3. The van der Waals surface area contributed by atoms with Crippen molar-refractivity contribution in [2.45, 2.75) is 20.3 Å². The minimum absolute atomic E-state index is 0.342. The molecular weight excluding hydrogens is 304 g/mol. The van der Waals surface area contributed by atoms with Gasteiger partial charge in [-0.05, 0) is 36.6 Å². The van der Waals surface area contributed by atoms with Crippen molar-refractivity contribution in [1.29, 1.82) is 0 Å². The van der Waals surface area contributed by atoms with E-state index in [-0.39, 0.29) is 11.2 Å². The minimum Gasteiger partial charge on any atom is -0.354 e. The zero-order valence-electron chi connectivity index (χ0n) is 14.3. The lowest BCUT2D eigenvalue weighted by molar-refractivity contribution is 0.707. The molecule has 1 N–H and O–H groups in total. The van der Waals surface area contributed by atoms with Crippen LogP contribution in [0.25, 0.3) is 11.0 Å².